The number of anilines is 1. The molecule has 3 aromatic rings. The van der Waals surface area contributed by atoms with Gasteiger partial charge in [-0.3, -0.25) is 13.9 Å². The molecule has 3 aromatic carbocycles. The Kier molecular flexibility index (Phi) is 10.6. The van der Waals surface area contributed by atoms with Crippen LogP contribution < -0.4 is 9.62 Å². The van der Waals surface area contributed by atoms with Gasteiger partial charge in [0.2, 0.25) is 11.8 Å². The van der Waals surface area contributed by atoms with Crippen molar-refractivity contribution in [1.29, 1.82) is 0 Å². The third-order valence-corrected chi connectivity index (χ3v) is 8.06. The van der Waals surface area contributed by atoms with Gasteiger partial charge in [0.15, 0.2) is 0 Å². The Balaban J connectivity index is 1.99. The fraction of sp³-hybridized carbons (Fsp3) is 0.333. The van der Waals surface area contributed by atoms with E-state index in [0.717, 1.165) is 15.9 Å². The number of hydrogen-bond donors (Lipinski definition) is 1. The van der Waals surface area contributed by atoms with Crippen molar-refractivity contribution >= 4 is 27.5 Å². The van der Waals surface area contributed by atoms with Crippen molar-refractivity contribution in [3.05, 3.63) is 96.3 Å². The summed E-state index contributed by atoms with van der Waals surface area (Å²) in [7, 11) is -4.30. The van der Waals surface area contributed by atoms with Gasteiger partial charge < -0.3 is 10.2 Å². The predicted octanol–water partition coefficient (Wildman–Crippen LogP) is 4.64. The lowest BCUT2D eigenvalue weighted by molar-refractivity contribution is -0.139. The molecule has 0 aliphatic heterocycles. The van der Waals surface area contributed by atoms with E-state index < -0.39 is 34.3 Å². The van der Waals surface area contributed by atoms with Gasteiger partial charge in [0, 0.05) is 13.1 Å². The first kappa shape index (κ1) is 29.8. The molecule has 3 rings (SSSR count). The summed E-state index contributed by atoms with van der Waals surface area (Å²) in [4.78, 5) is 28.4. The van der Waals surface area contributed by atoms with E-state index in [4.69, 9.17) is 0 Å². The number of amides is 2. The van der Waals surface area contributed by atoms with Gasteiger partial charge in [-0.25, -0.2) is 12.8 Å². The molecule has 0 radical (unpaired) electrons. The van der Waals surface area contributed by atoms with Crippen LogP contribution in [0.15, 0.2) is 89.8 Å². The number of para-hydroxylation sites is 1. The Hall–Kier alpha value is -3.72. The van der Waals surface area contributed by atoms with Gasteiger partial charge >= 0.3 is 0 Å². The first-order chi connectivity index (χ1) is 18.6. The van der Waals surface area contributed by atoms with Gasteiger partial charge in [0.1, 0.15) is 18.4 Å². The second kappa shape index (κ2) is 13.9. The van der Waals surface area contributed by atoms with E-state index in [0.29, 0.717) is 19.4 Å². The van der Waals surface area contributed by atoms with Gasteiger partial charge in [-0.05, 0) is 48.6 Å². The highest BCUT2D eigenvalue weighted by Gasteiger charge is 2.34. The first-order valence-electron chi connectivity index (χ1n) is 13.1. The molecular formula is C30H36FN3O4S. The van der Waals surface area contributed by atoms with E-state index in [1.54, 1.807) is 25.1 Å². The minimum absolute atomic E-state index is 0.0707. The lowest BCUT2D eigenvalue weighted by Gasteiger charge is -2.33. The number of hydrogen-bond acceptors (Lipinski definition) is 4. The first-order valence-corrected chi connectivity index (χ1v) is 14.5. The maximum absolute atomic E-state index is 14.9. The van der Waals surface area contributed by atoms with Gasteiger partial charge in [-0.1, -0.05) is 81.4 Å². The molecule has 1 N–H and O–H groups in total. The van der Waals surface area contributed by atoms with Crippen molar-refractivity contribution in [2.75, 3.05) is 23.9 Å². The van der Waals surface area contributed by atoms with Gasteiger partial charge in [-0.2, -0.15) is 0 Å². The van der Waals surface area contributed by atoms with Crippen molar-refractivity contribution < 1.29 is 22.4 Å². The molecule has 0 unspecified atom stereocenters. The Labute approximate surface area is 230 Å². The van der Waals surface area contributed by atoms with Gasteiger partial charge in [0.05, 0.1) is 10.6 Å². The van der Waals surface area contributed by atoms with Crippen molar-refractivity contribution in [3.8, 4) is 0 Å². The van der Waals surface area contributed by atoms with Crippen molar-refractivity contribution in [1.82, 2.24) is 10.2 Å². The van der Waals surface area contributed by atoms with Gasteiger partial charge in [0.25, 0.3) is 10.0 Å². The van der Waals surface area contributed by atoms with E-state index in [2.05, 4.69) is 5.32 Å². The Morgan fingerprint density at radius 3 is 2.08 bits per heavy atom. The molecule has 0 heterocycles. The van der Waals surface area contributed by atoms with Crippen LogP contribution in [0.2, 0.25) is 0 Å². The predicted molar refractivity (Wildman–Crippen MR) is 151 cm³/mol. The van der Waals surface area contributed by atoms with Crippen LogP contribution in [0.5, 0.6) is 0 Å². The average Bonchev–Trinajstić information content (AvgIpc) is 2.94. The van der Waals surface area contributed by atoms with Crippen LogP contribution in [-0.4, -0.2) is 50.8 Å². The minimum atomic E-state index is -4.30. The number of carbonyl (C=O) groups is 2. The molecule has 39 heavy (non-hydrogen) atoms. The summed E-state index contributed by atoms with van der Waals surface area (Å²) >= 11 is 0. The molecule has 0 saturated carbocycles. The molecule has 1 atom stereocenters. The standard InChI is InChI=1S/C30H36FN3O4S/c1-4-27(30(36)32-21-23(2)3)33(20-19-24-13-7-5-8-14-24)29(35)22-34(28-18-12-11-17-26(28)31)39(37,38)25-15-9-6-10-16-25/h5-18,23,27H,4,19-22H2,1-3H3,(H,32,36)/t27-/m0/s1. The highest BCUT2D eigenvalue weighted by Crippen LogP contribution is 2.26. The van der Waals surface area contributed by atoms with Crippen LogP contribution in [0.25, 0.3) is 0 Å². The summed E-state index contributed by atoms with van der Waals surface area (Å²) in [6.45, 7) is 5.71. The Morgan fingerprint density at radius 2 is 1.49 bits per heavy atom. The molecule has 9 heteroatoms. The van der Waals surface area contributed by atoms with Crippen molar-refractivity contribution in [3.63, 3.8) is 0 Å². The van der Waals surface area contributed by atoms with E-state index in [-0.39, 0.29) is 29.0 Å². The SMILES string of the molecule is CC[C@@H](C(=O)NCC(C)C)N(CCc1ccccc1)C(=O)CN(c1ccccc1F)S(=O)(=O)c1ccccc1. The van der Waals surface area contributed by atoms with E-state index in [1.165, 1.54) is 35.2 Å². The molecule has 0 aromatic heterocycles. The van der Waals surface area contributed by atoms with Gasteiger partial charge in [-0.15, -0.1) is 0 Å². The number of sulfonamides is 1. The fourth-order valence-corrected chi connectivity index (χ4v) is 5.65. The smallest absolute Gasteiger partial charge is 0.264 e. The maximum atomic E-state index is 14.9. The molecule has 0 aliphatic carbocycles. The third kappa shape index (κ3) is 7.89. The molecule has 0 aliphatic rings. The second-order valence-electron chi connectivity index (χ2n) is 9.66. The highest BCUT2D eigenvalue weighted by atomic mass is 32.2. The summed E-state index contributed by atoms with van der Waals surface area (Å²) in [6, 6.07) is 21.7. The lowest BCUT2D eigenvalue weighted by Crippen LogP contribution is -2.53. The summed E-state index contributed by atoms with van der Waals surface area (Å²) in [5.41, 5.74) is 0.727. The number of nitrogens with zero attached hydrogens (tertiary/aromatic N) is 2. The quantitative estimate of drug-likeness (QED) is 0.334. The maximum Gasteiger partial charge on any atom is 0.264 e. The third-order valence-electron chi connectivity index (χ3n) is 6.29. The molecule has 208 valence electrons. The molecule has 2 amide bonds. The van der Waals surface area contributed by atoms with Crippen LogP contribution in [0.1, 0.15) is 32.8 Å². The zero-order valence-corrected chi connectivity index (χ0v) is 23.4. The van der Waals surface area contributed by atoms with E-state index in [1.807, 2.05) is 44.2 Å². The number of benzene rings is 3. The normalized spacial score (nSPS) is 12.1. The summed E-state index contributed by atoms with van der Waals surface area (Å²) in [5, 5.41) is 2.89. The zero-order valence-electron chi connectivity index (χ0n) is 22.6. The Morgan fingerprint density at radius 1 is 0.897 bits per heavy atom. The van der Waals surface area contributed by atoms with Crippen LogP contribution >= 0.6 is 0 Å². The fourth-order valence-electron chi connectivity index (χ4n) is 4.21. The molecule has 0 spiro atoms. The van der Waals surface area contributed by atoms with Crippen LogP contribution in [-0.2, 0) is 26.0 Å². The van der Waals surface area contributed by atoms with Crippen molar-refractivity contribution in [2.45, 2.75) is 44.6 Å². The minimum Gasteiger partial charge on any atom is -0.354 e. The molecule has 7 nitrogen and oxygen atoms in total. The molecule has 0 bridgehead atoms. The lowest BCUT2D eigenvalue weighted by atomic mass is 10.1. The van der Waals surface area contributed by atoms with E-state index >= 15 is 0 Å². The second-order valence-corrected chi connectivity index (χ2v) is 11.5. The molecule has 0 fully saturated rings. The number of carbonyl (C=O) groups excluding carboxylic acids is 2. The molecular weight excluding hydrogens is 517 g/mol. The van der Waals surface area contributed by atoms with Crippen LogP contribution in [0.3, 0.4) is 0 Å². The summed E-state index contributed by atoms with van der Waals surface area (Å²) < 4.78 is 43.1. The largest absolute Gasteiger partial charge is 0.354 e. The van der Waals surface area contributed by atoms with E-state index in [9.17, 15) is 22.4 Å². The van der Waals surface area contributed by atoms with Crippen LogP contribution in [0, 0.1) is 11.7 Å². The number of rotatable bonds is 13. The zero-order chi connectivity index (χ0) is 28.4. The average molecular weight is 554 g/mol. The number of halogens is 1. The summed E-state index contributed by atoms with van der Waals surface area (Å²) in [5.74, 6) is -1.47. The number of nitrogens with one attached hydrogen (secondary N) is 1. The Bertz CT molecular complexity index is 1330. The monoisotopic (exact) mass is 553 g/mol. The molecule has 0 saturated heterocycles. The highest BCUT2D eigenvalue weighted by molar-refractivity contribution is 7.92. The van der Waals surface area contributed by atoms with Crippen molar-refractivity contribution in [2.24, 2.45) is 5.92 Å². The topological polar surface area (TPSA) is 86.8 Å². The summed E-state index contributed by atoms with van der Waals surface area (Å²) in [6.07, 6.45) is 0.793. The van der Waals surface area contributed by atoms with Crippen LogP contribution in [0.4, 0.5) is 10.1 Å².